The third-order valence-corrected chi connectivity index (χ3v) is 8.09. The summed E-state index contributed by atoms with van der Waals surface area (Å²) >= 11 is 0. The standard InChI is InChI=1S/C29H36F3N5O2/c1-5-8-29(31,32)20-9-24-26(34-11-20)28(3,4)17-37(24)25(38)16-35-13-18(2)33-12-22(35)15-36-14-19-6-7-21(30)10-23(19)27(36)39/h6-7,9-11,18,22,33H,5,8,12-17H2,1-4H3/t18-,22-/m1/s1. The van der Waals surface area contributed by atoms with Crippen LogP contribution < -0.4 is 10.2 Å². The smallest absolute Gasteiger partial charge is 0.274 e. The summed E-state index contributed by atoms with van der Waals surface area (Å²) in [5.41, 5.74) is 1.63. The number of amides is 2. The van der Waals surface area contributed by atoms with E-state index >= 15 is 0 Å². The van der Waals surface area contributed by atoms with Crippen molar-refractivity contribution in [2.24, 2.45) is 0 Å². The van der Waals surface area contributed by atoms with Crippen LogP contribution in [0.1, 0.15) is 67.7 Å². The second kappa shape index (κ2) is 10.2. The number of rotatable bonds is 7. The molecule has 10 heteroatoms. The summed E-state index contributed by atoms with van der Waals surface area (Å²) < 4.78 is 43.2. The third-order valence-electron chi connectivity index (χ3n) is 8.09. The summed E-state index contributed by atoms with van der Waals surface area (Å²) in [5, 5.41) is 3.43. The Bertz CT molecular complexity index is 1280. The van der Waals surface area contributed by atoms with E-state index in [1.54, 1.807) is 22.8 Å². The van der Waals surface area contributed by atoms with E-state index in [-0.39, 0.29) is 42.4 Å². The minimum Gasteiger partial charge on any atom is -0.333 e. The maximum atomic E-state index is 14.7. The molecule has 2 aromatic rings. The number of hydrogen-bond acceptors (Lipinski definition) is 5. The molecule has 3 aliphatic heterocycles. The normalized spacial score (nSPS) is 22.8. The van der Waals surface area contributed by atoms with Crippen LogP contribution in [0.3, 0.4) is 0 Å². The molecule has 1 fully saturated rings. The van der Waals surface area contributed by atoms with Crippen molar-refractivity contribution in [1.82, 2.24) is 20.1 Å². The van der Waals surface area contributed by atoms with Crippen molar-refractivity contribution in [2.75, 3.05) is 37.6 Å². The second-order valence-electron chi connectivity index (χ2n) is 11.8. The first-order valence-electron chi connectivity index (χ1n) is 13.6. The van der Waals surface area contributed by atoms with Crippen LogP contribution in [0.15, 0.2) is 30.5 Å². The number of fused-ring (bicyclic) bond motifs is 2. The highest BCUT2D eigenvalue weighted by molar-refractivity contribution is 5.98. The molecule has 5 rings (SSSR count). The molecule has 39 heavy (non-hydrogen) atoms. The van der Waals surface area contributed by atoms with Gasteiger partial charge in [-0.25, -0.2) is 13.2 Å². The van der Waals surface area contributed by atoms with Crippen molar-refractivity contribution >= 4 is 17.5 Å². The Morgan fingerprint density at radius 1 is 1.26 bits per heavy atom. The molecule has 0 unspecified atom stereocenters. The topological polar surface area (TPSA) is 68.8 Å². The number of aromatic nitrogens is 1. The maximum Gasteiger partial charge on any atom is 0.274 e. The average molecular weight is 544 g/mol. The predicted molar refractivity (Wildman–Crippen MR) is 142 cm³/mol. The lowest BCUT2D eigenvalue weighted by molar-refractivity contribution is -0.120. The largest absolute Gasteiger partial charge is 0.333 e. The van der Waals surface area contributed by atoms with E-state index in [1.165, 1.54) is 24.4 Å². The Morgan fingerprint density at radius 3 is 2.77 bits per heavy atom. The van der Waals surface area contributed by atoms with Gasteiger partial charge in [0.15, 0.2) is 0 Å². The Morgan fingerprint density at radius 2 is 2.03 bits per heavy atom. The van der Waals surface area contributed by atoms with Crippen LogP contribution in [0.2, 0.25) is 0 Å². The highest BCUT2D eigenvalue weighted by Crippen LogP contribution is 2.42. The molecule has 0 spiro atoms. The number of anilines is 1. The fraction of sp³-hybridized carbons (Fsp3) is 0.552. The molecule has 1 saturated heterocycles. The first kappa shape index (κ1) is 27.6. The third kappa shape index (κ3) is 5.28. The number of carbonyl (C=O) groups is 2. The quantitative estimate of drug-likeness (QED) is 0.571. The highest BCUT2D eigenvalue weighted by Gasteiger charge is 2.43. The lowest BCUT2D eigenvalue weighted by Gasteiger charge is -2.41. The molecular weight excluding hydrogens is 507 g/mol. The summed E-state index contributed by atoms with van der Waals surface area (Å²) in [6.07, 6.45) is 1.30. The van der Waals surface area contributed by atoms with Gasteiger partial charge in [0, 0.05) is 74.0 Å². The van der Waals surface area contributed by atoms with Gasteiger partial charge in [0.25, 0.3) is 11.8 Å². The van der Waals surface area contributed by atoms with Gasteiger partial charge in [0.05, 0.1) is 17.9 Å². The van der Waals surface area contributed by atoms with Crippen molar-refractivity contribution in [3.8, 4) is 0 Å². The molecule has 1 aromatic carbocycles. The minimum absolute atomic E-state index is 0.0887. The van der Waals surface area contributed by atoms with Crippen molar-refractivity contribution < 1.29 is 22.8 Å². The first-order chi connectivity index (χ1) is 18.4. The summed E-state index contributed by atoms with van der Waals surface area (Å²) in [6.45, 7) is 10.1. The van der Waals surface area contributed by atoms with Gasteiger partial charge in [-0.15, -0.1) is 0 Å². The Hall–Kier alpha value is -2.98. The van der Waals surface area contributed by atoms with Crippen LogP contribution >= 0.6 is 0 Å². The lowest BCUT2D eigenvalue weighted by Crippen LogP contribution is -2.60. The van der Waals surface area contributed by atoms with E-state index in [4.69, 9.17) is 0 Å². The lowest BCUT2D eigenvalue weighted by atomic mass is 9.91. The zero-order chi connectivity index (χ0) is 28.1. The number of carbonyl (C=O) groups excluding carboxylic acids is 2. The van der Waals surface area contributed by atoms with E-state index in [0.717, 1.165) is 5.56 Å². The number of benzene rings is 1. The summed E-state index contributed by atoms with van der Waals surface area (Å²) in [4.78, 5) is 36.5. The Kier molecular flexibility index (Phi) is 7.22. The van der Waals surface area contributed by atoms with Gasteiger partial charge in [0.2, 0.25) is 5.91 Å². The van der Waals surface area contributed by atoms with Crippen molar-refractivity contribution in [2.45, 2.75) is 70.5 Å². The molecule has 0 aliphatic carbocycles. The van der Waals surface area contributed by atoms with E-state index in [2.05, 4.69) is 15.2 Å². The van der Waals surface area contributed by atoms with Gasteiger partial charge in [0.1, 0.15) is 5.82 Å². The molecule has 210 valence electrons. The van der Waals surface area contributed by atoms with Crippen LogP contribution in [0.4, 0.5) is 18.9 Å². The van der Waals surface area contributed by atoms with Gasteiger partial charge in [-0.2, -0.15) is 0 Å². The zero-order valence-electron chi connectivity index (χ0n) is 22.9. The number of halogens is 3. The van der Waals surface area contributed by atoms with Crippen LogP contribution in [0, 0.1) is 5.82 Å². The zero-order valence-corrected chi connectivity index (χ0v) is 22.9. The maximum absolute atomic E-state index is 14.7. The van der Waals surface area contributed by atoms with Crippen molar-refractivity contribution in [3.63, 3.8) is 0 Å². The molecular formula is C29H36F3N5O2. The van der Waals surface area contributed by atoms with E-state index in [0.29, 0.717) is 56.1 Å². The molecule has 0 bridgehead atoms. The van der Waals surface area contributed by atoms with E-state index in [9.17, 15) is 22.8 Å². The summed E-state index contributed by atoms with van der Waals surface area (Å²) in [7, 11) is 0. The molecule has 7 nitrogen and oxygen atoms in total. The minimum atomic E-state index is -3.01. The number of nitrogens with one attached hydrogen (secondary N) is 1. The summed E-state index contributed by atoms with van der Waals surface area (Å²) in [6, 6.07) is 5.71. The van der Waals surface area contributed by atoms with Gasteiger partial charge in [-0.1, -0.05) is 33.3 Å². The average Bonchev–Trinajstić information content (AvgIpc) is 3.33. The molecule has 2 atom stereocenters. The van der Waals surface area contributed by atoms with Crippen molar-refractivity contribution in [1.29, 1.82) is 0 Å². The number of nitrogens with zero attached hydrogens (tertiary/aromatic N) is 4. The highest BCUT2D eigenvalue weighted by atomic mass is 19.3. The molecule has 1 aromatic heterocycles. The van der Waals surface area contributed by atoms with Crippen LogP contribution in [0.25, 0.3) is 0 Å². The number of piperazine rings is 1. The number of pyridine rings is 1. The van der Waals surface area contributed by atoms with Gasteiger partial charge < -0.3 is 15.1 Å². The molecule has 1 N–H and O–H groups in total. The van der Waals surface area contributed by atoms with Gasteiger partial charge in [-0.05, 0) is 30.7 Å². The van der Waals surface area contributed by atoms with Crippen LogP contribution in [-0.2, 0) is 22.7 Å². The fourth-order valence-corrected chi connectivity index (χ4v) is 6.02. The van der Waals surface area contributed by atoms with Crippen LogP contribution in [-0.4, -0.2) is 71.4 Å². The van der Waals surface area contributed by atoms with Gasteiger partial charge >= 0.3 is 0 Å². The SMILES string of the molecule is CCCC(F)(F)c1cnc2c(c1)N(C(=O)CN1C[C@@H](C)NC[C@@H]1CN1Cc3ccc(F)cc3C1=O)CC2(C)C. The Balaban J connectivity index is 1.34. The molecule has 4 heterocycles. The molecule has 3 aliphatic rings. The predicted octanol–water partition coefficient (Wildman–Crippen LogP) is 4.06. The Labute approximate surface area is 227 Å². The second-order valence-corrected chi connectivity index (χ2v) is 11.8. The fourth-order valence-electron chi connectivity index (χ4n) is 6.02. The molecule has 0 saturated carbocycles. The van der Waals surface area contributed by atoms with Gasteiger partial charge in [-0.3, -0.25) is 19.5 Å². The van der Waals surface area contributed by atoms with Crippen molar-refractivity contribution in [3.05, 3.63) is 58.7 Å². The van der Waals surface area contributed by atoms with Crippen LogP contribution in [0.5, 0.6) is 0 Å². The van der Waals surface area contributed by atoms with E-state index < -0.39 is 17.2 Å². The first-order valence-corrected chi connectivity index (χ1v) is 13.6. The monoisotopic (exact) mass is 543 g/mol. The number of hydrogen-bond donors (Lipinski definition) is 1. The number of alkyl halides is 2. The molecule has 2 amide bonds. The summed E-state index contributed by atoms with van der Waals surface area (Å²) in [5.74, 6) is -3.85. The molecule has 0 radical (unpaired) electrons. The van der Waals surface area contributed by atoms with E-state index in [1.807, 2.05) is 20.8 Å².